The van der Waals surface area contributed by atoms with E-state index in [9.17, 15) is 10.1 Å². The van der Waals surface area contributed by atoms with E-state index in [1.807, 2.05) is 36.4 Å². The fourth-order valence-electron chi connectivity index (χ4n) is 3.09. The molecule has 1 N–H and O–H groups in total. The number of fused-ring (bicyclic) bond motifs is 1. The van der Waals surface area contributed by atoms with E-state index in [1.165, 1.54) is 6.08 Å². The van der Waals surface area contributed by atoms with Crippen molar-refractivity contribution in [3.63, 3.8) is 0 Å². The maximum Gasteiger partial charge on any atom is 0.266 e. The Bertz CT molecular complexity index is 1330. The maximum atomic E-state index is 12.6. The van der Waals surface area contributed by atoms with Gasteiger partial charge < -0.3 is 19.5 Å². The van der Waals surface area contributed by atoms with Crippen molar-refractivity contribution >= 4 is 86.1 Å². The van der Waals surface area contributed by atoms with Crippen LogP contribution in [0.15, 0.2) is 54.1 Å². The summed E-state index contributed by atoms with van der Waals surface area (Å²) in [6.07, 6.45) is 1.51. The number of hydrogen-bond donors (Lipinski definition) is 1. The molecule has 172 valence electrons. The Morgan fingerprint density at radius 1 is 1.12 bits per heavy atom. The molecule has 1 amide bonds. The quantitative estimate of drug-likeness (QED) is 0.168. The first kappa shape index (κ1) is 24.9. The minimum absolute atomic E-state index is 0.0725. The van der Waals surface area contributed by atoms with Crippen LogP contribution in [0.25, 0.3) is 6.08 Å². The fraction of sp³-hybridized carbons (Fsp3) is 0.0833. The van der Waals surface area contributed by atoms with Crippen molar-refractivity contribution in [3.8, 4) is 23.3 Å². The van der Waals surface area contributed by atoms with Crippen LogP contribution in [0.4, 0.5) is 5.69 Å². The van der Waals surface area contributed by atoms with Gasteiger partial charge in [-0.2, -0.15) is 5.26 Å². The third kappa shape index (κ3) is 5.71. The van der Waals surface area contributed by atoms with Crippen LogP contribution >= 0.6 is 68.4 Å². The standard InChI is InChI=1S/C24H14Cl2I2N2O4/c25-16-2-1-3-19(22(16)26)30-24(31)15(10-29)6-14-7-17(27)23(18(28)8-14)32-11-13-4-5-20-21(9-13)34-12-33-20/h1-9H,11-12H2,(H,30,31)/b15-6-. The average Bonchev–Trinajstić information content (AvgIpc) is 3.28. The van der Waals surface area contributed by atoms with Crippen LogP contribution in [0.5, 0.6) is 17.2 Å². The van der Waals surface area contributed by atoms with Crippen molar-refractivity contribution in [1.82, 2.24) is 0 Å². The number of hydrogen-bond acceptors (Lipinski definition) is 5. The molecule has 0 aromatic heterocycles. The van der Waals surface area contributed by atoms with Gasteiger partial charge in [-0.25, -0.2) is 0 Å². The molecule has 3 aromatic rings. The second-order valence-electron chi connectivity index (χ2n) is 7.02. The molecule has 1 aliphatic rings. The van der Waals surface area contributed by atoms with E-state index in [0.29, 0.717) is 34.4 Å². The van der Waals surface area contributed by atoms with Gasteiger partial charge in [0.25, 0.3) is 5.91 Å². The van der Waals surface area contributed by atoms with Gasteiger partial charge in [-0.15, -0.1) is 0 Å². The van der Waals surface area contributed by atoms with E-state index in [4.69, 9.17) is 37.4 Å². The molecule has 10 heteroatoms. The smallest absolute Gasteiger partial charge is 0.266 e. The molecule has 1 aliphatic heterocycles. The fourth-order valence-corrected chi connectivity index (χ4v) is 5.57. The summed E-state index contributed by atoms with van der Waals surface area (Å²) in [6, 6.07) is 16.2. The highest BCUT2D eigenvalue weighted by Crippen LogP contribution is 2.34. The highest BCUT2D eigenvalue weighted by atomic mass is 127. The molecule has 0 radical (unpaired) electrons. The zero-order valence-electron chi connectivity index (χ0n) is 17.2. The largest absolute Gasteiger partial charge is 0.487 e. The Balaban J connectivity index is 1.50. The summed E-state index contributed by atoms with van der Waals surface area (Å²) in [5, 5.41) is 12.7. The number of nitrogens with one attached hydrogen (secondary N) is 1. The van der Waals surface area contributed by atoms with Gasteiger partial charge in [0.1, 0.15) is 24.0 Å². The van der Waals surface area contributed by atoms with Crippen LogP contribution < -0.4 is 19.5 Å². The summed E-state index contributed by atoms with van der Waals surface area (Å²) in [4.78, 5) is 12.6. The summed E-state index contributed by atoms with van der Waals surface area (Å²) in [7, 11) is 0. The number of anilines is 1. The molecule has 3 aromatic carbocycles. The molecule has 34 heavy (non-hydrogen) atoms. The summed E-state index contributed by atoms with van der Waals surface area (Å²) >= 11 is 16.5. The lowest BCUT2D eigenvalue weighted by atomic mass is 10.1. The number of carbonyl (C=O) groups excluding carboxylic acids is 1. The molecule has 0 unspecified atom stereocenters. The van der Waals surface area contributed by atoms with Gasteiger partial charge in [-0.1, -0.05) is 35.3 Å². The summed E-state index contributed by atoms with van der Waals surface area (Å²) in [6.45, 7) is 0.573. The van der Waals surface area contributed by atoms with E-state index < -0.39 is 5.91 Å². The van der Waals surface area contributed by atoms with Gasteiger partial charge >= 0.3 is 0 Å². The van der Waals surface area contributed by atoms with Gasteiger partial charge in [-0.05, 0) is 98.8 Å². The number of nitriles is 1. The van der Waals surface area contributed by atoms with Gasteiger partial charge in [0.05, 0.1) is 22.9 Å². The van der Waals surface area contributed by atoms with E-state index in [1.54, 1.807) is 18.2 Å². The molecular weight excluding hydrogens is 705 g/mol. The highest BCUT2D eigenvalue weighted by molar-refractivity contribution is 14.1. The van der Waals surface area contributed by atoms with Crippen LogP contribution in [0, 0.1) is 18.5 Å². The van der Waals surface area contributed by atoms with Crippen LogP contribution in [0.1, 0.15) is 11.1 Å². The van der Waals surface area contributed by atoms with Crippen molar-refractivity contribution in [3.05, 3.63) is 82.4 Å². The predicted octanol–water partition coefficient (Wildman–Crippen LogP) is 7.06. The number of rotatable bonds is 6. The Kier molecular flexibility index (Phi) is 8.08. The van der Waals surface area contributed by atoms with Gasteiger partial charge in [0.15, 0.2) is 11.5 Å². The Morgan fingerprint density at radius 3 is 2.59 bits per heavy atom. The van der Waals surface area contributed by atoms with E-state index in [-0.39, 0.29) is 17.4 Å². The molecule has 0 bridgehead atoms. The second-order valence-corrected chi connectivity index (χ2v) is 10.1. The molecule has 0 aliphatic carbocycles. The first-order valence-electron chi connectivity index (χ1n) is 9.73. The van der Waals surface area contributed by atoms with Crippen molar-refractivity contribution in [2.45, 2.75) is 6.61 Å². The maximum absolute atomic E-state index is 12.6. The molecule has 6 nitrogen and oxygen atoms in total. The highest BCUT2D eigenvalue weighted by Gasteiger charge is 2.16. The molecule has 0 atom stereocenters. The third-order valence-electron chi connectivity index (χ3n) is 4.72. The minimum atomic E-state index is -0.584. The number of benzene rings is 3. The summed E-state index contributed by atoms with van der Waals surface area (Å²) in [5.74, 6) is 1.55. The second kappa shape index (κ2) is 11.0. The number of ether oxygens (including phenoxy) is 3. The number of amides is 1. The molecule has 0 saturated heterocycles. The molecule has 4 rings (SSSR count). The topological polar surface area (TPSA) is 80.6 Å². The molecule has 0 spiro atoms. The van der Waals surface area contributed by atoms with Crippen LogP contribution in [0.3, 0.4) is 0 Å². The zero-order valence-corrected chi connectivity index (χ0v) is 23.0. The van der Waals surface area contributed by atoms with Crippen LogP contribution in [-0.4, -0.2) is 12.7 Å². The normalized spacial score (nSPS) is 12.3. The minimum Gasteiger partial charge on any atom is -0.487 e. The van der Waals surface area contributed by atoms with Gasteiger partial charge in [-0.3, -0.25) is 4.79 Å². The van der Waals surface area contributed by atoms with Crippen LogP contribution in [-0.2, 0) is 11.4 Å². The average molecular weight is 719 g/mol. The molecule has 1 heterocycles. The molecule has 0 saturated carbocycles. The van der Waals surface area contributed by atoms with Crippen molar-refractivity contribution in [1.29, 1.82) is 5.26 Å². The monoisotopic (exact) mass is 718 g/mol. The first-order chi connectivity index (χ1) is 16.4. The van der Waals surface area contributed by atoms with E-state index in [2.05, 4.69) is 50.5 Å². The van der Waals surface area contributed by atoms with Gasteiger partial charge in [0.2, 0.25) is 6.79 Å². The predicted molar refractivity (Wildman–Crippen MR) is 147 cm³/mol. The Morgan fingerprint density at radius 2 is 1.85 bits per heavy atom. The van der Waals surface area contributed by atoms with Crippen molar-refractivity contribution < 1.29 is 19.0 Å². The summed E-state index contributed by atoms with van der Waals surface area (Å²) < 4.78 is 18.5. The lowest BCUT2D eigenvalue weighted by molar-refractivity contribution is -0.112. The summed E-state index contributed by atoms with van der Waals surface area (Å²) in [5.41, 5.74) is 1.89. The number of carbonyl (C=O) groups is 1. The number of halogens is 4. The van der Waals surface area contributed by atoms with E-state index in [0.717, 1.165) is 18.5 Å². The van der Waals surface area contributed by atoms with Crippen LogP contribution in [0.2, 0.25) is 10.0 Å². The third-order valence-corrected chi connectivity index (χ3v) is 7.14. The lowest BCUT2D eigenvalue weighted by Crippen LogP contribution is -2.13. The zero-order chi connectivity index (χ0) is 24.2. The van der Waals surface area contributed by atoms with E-state index >= 15 is 0 Å². The lowest BCUT2D eigenvalue weighted by Gasteiger charge is -2.12. The molecule has 0 fully saturated rings. The SMILES string of the molecule is N#C/C(=C/c1cc(I)c(OCc2ccc3c(c2)OCO3)c(I)c1)C(=O)Nc1cccc(Cl)c1Cl. The first-order valence-corrected chi connectivity index (χ1v) is 12.6. The van der Waals surface area contributed by atoms with Crippen molar-refractivity contribution in [2.75, 3.05) is 12.1 Å². The molecular formula is C24H14Cl2I2N2O4. The Labute approximate surface area is 233 Å². The van der Waals surface area contributed by atoms with Gasteiger partial charge in [0, 0.05) is 0 Å². The van der Waals surface area contributed by atoms with Crippen molar-refractivity contribution in [2.24, 2.45) is 0 Å². The Hall–Kier alpha value is -2.20. The number of nitrogens with zero attached hydrogens (tertiary/aromatic N) is 1.